The van der Waals surface area contributed by atoms with Crippen LogP contribution < -0.4 is 15.6 Å². The largest absolute Gasteiger partial charge is 0.481 e. The molecule has 0 heterocycles. The van der Waals surface area contributed by atoms with Crippen molar-refractivity contribution >= 4 is 55.3 Å². The molecular formula is C16H13Br2ClN2O3. The normalized spacial score (nSPS) is 11.5. The number of carbonyl (C=O) groups excluding carboxylic acids is 2. The lowest BCUT2D eigenvalue weighted by molar-refractivity contribution is -0.128. The lowest BCUT2D eigenvalue weighted by Gasteiger charge is -2.15. The van der Waals surface area contributed by atoms with E-state index < -0.39 is 17.9 Å². The van der Waals surface area contributed by atoms with Gasteiger partial charge < -0.3 is 4.74 Å². The number of hydrazine groups is 1. The molecule has 2 amide bonds. The summed E-state index contributed by atoms with van der Waals surface area (Å²) in [5, 5.41) is 0.273. The van der Waals surface area contributed by atoms with Gasteiger partial charge in [0.25, 0.3) is 11.8 Å². The number of halogens is 3. The van der Waals surface area contributed by atoms with Crippen molar-refractivity contribution in [3.63, 3.8) is 0 Å². The molecular weight excluding hydrogens is 463 g/mol. The second-order valence-corrected chi connectivity index (χ2v) is 7.02. The predicted molar refractivity (Wildman–Crippen MR) is 99.0 cm³/mol. The van der Waals surface area contributed by atoms with E-state index in [1.807, 2.05) is 6.07 Å². The molecule has 0 fully saturated rings. The van der Waals surface area contributed by atoms with Crippen molar-refractivity contribution in [2.75, 3.05) is 0 Å². The van der Waals surface area contributed by atoms with E-state index in [-0.39, 0.29) is 10.6 Å². The lowest BCUT2D eigenvalue weighted by Crippen LogP contribution is -2.47. The van der Waals surface area contributed by atoms with Crippen molar-refractivity contribution < 1.29 is 14.3 Å². The van der Waals surface area contributed by atoms with Gasteiger partial charge in [0.05, 0.1) is 10.6 Å². The van der Waals surface area contributed by atoms with Gasteiger partial charge in [-0.05, 0) is 43.3 Å². The number of benzene rings is 2. The first kappa shape index (κ1) is 18.8. The summed E-state index contributed by atoms with van der Waals surface area (Å²) in [6, 6.07) is 11.9. The van der Waals surface area contributed by atoms with Gasteiger partial charge in [0.2, 0.25) is 0 Å². The third kappa shape index (κ3) is 5.22. The molecule has 8 heteroatoms. The third-order valence-electron chi connectivity index (χ3n) is 2.95. The number of hydrogen-bond donors (Lipinski definition) is 2. The van der Waals surface area contributed by atoms with Crippen LogP contribution in [0.3, 0.4) is 0 Å². The molecule has 0 bridgehead atoms. The molecule has 2 N–H and O–H groups in total. The fourth-order valence-corrected chi connectivity index (χ4v) is 2.90. The molecule has 1 atom stereocenters. The molecule has 0 spiro atoms. The Morgan fingerprint density at radius 2 is 1.79 bits per heavy atom. The molecule has 126 valence electrons. The molecule has 0 radical (unpaired) electrons. The molecule has 0 aliphatic heterocycles. The highest BCUT2D eigenvalue weighted by Gasteiger charge is 2.17. The van der Waals surface area contributed by atoms with Gasteiger partial charge in [0.15, 0.2) is 6.10 Å². The van der Waals surface area contributed by atoms with Crippen LogP contribution >= 0.6 is 43.5 Å². The van der Waals surface area contributed by atoms with Crippen LogP contribution in [-0.2, 0) is 4.79 Å². The number of ether oxygens (including phenoxy) is 1. The van der Waals surface area contributed by atoms with Crippen LogP contribution in [0.4, 0.5) is 0 Å². The van der Waals surface area contributed by atoms with E-state index in [1.165, 1.54) is 0 Å². The van der Waals surface area contributed by atoms with Gasteiger partial charge in [0.1, 0.15) is 5.75 Å². The van der Waals surface area contributed by atoms with Crippen molar-refractivity contribution in [1.29, 1.82) is 0 Å². The van der Waals surface area contributed by atoms with Crippen LogP contribution in [-0.4, -0.2) is 17.9 Å². The minimum absolute atomic E-state index is 0.251. The highest BCUT2D eigenvalue weighted by atomic mass is 79.9. The summed E-state index contributed by atoms with van der Waals surface area (Å²) in [4.78, 5) is 24.0. The number of hydrogen-bond acceptors (Lipinski definition) is 3. The van der Waals surface area contributed by atoms with Gasteiger partial charge in [-0.1, -0.05) is 49.5 Å². The molecule has 2 rings (SSSR count). The summed E-state index contributed by atoms with van der Waals surface area (Å²) in [5.41, 5.74) is 4.87. The average Bonchev–Trinajstić information content (AvgIpc) is 2.52. The van der Waals surface area contributed by atoms with E-state index in [2.05, 4.69) is 42.7 Å². The number of amides is 2. The zero-order valence-corrected chi connectivity index (χ0v) is 16.4. The first-order valence-corrected chi connectivity index (χ1v) is 8.80. The van der Waals surface area contributed by atoms with Gasteiger partial charge in [-0.2, -0.15) is 0 Å². The molecule has 1 unspecified atom stereocenters. The van der Waals surface area contributed by atoms with Crippen LogP contribution in [0, 0.1) is 0 Å². The Bertz CT molecular complexity index is 771. The third-order valence-corrected chi connectivity index (χ3v) is 4.25. The van der Waals surface area contributed by atoms with Crippen molar-refractivity contribution in [2.24, 2.45) is 0 Å². The molecule has 0 aromatic heterocycles. The quantitative estimate of drug-likeness (QED) is 0.654. The van der Waals surface area contributed by atoms with E-state index in [0.29, 0.717) is 5.75 Å². The Morgan fingerprint density at radius 3 is 2.46 bits per heavy atom. The van der Waals surface area contributed by atoms with E-state index in [4.69, 9.17) is 16.3 Å². The summed E-state index contributed by atoms with van der Waals surface area (Å²) in [7, 11) is 0. The van der Waals surface area contributed by atoms with Crippen LogP contribution in [0.15, 0.2) is 51.4 Å². The maximum absolute atomic E-state index is 12.0. The minimum atomic E-state index is -0.792. The van der Waals surface area contributed by atoms with Gasteiger partial charge in [0, 0.05) is 8.95 Å². The predicted octanol–water partition coefficient (Wildman–Crippen LogP) is 4.09. The molecule has 2 aromatic rings. The number of nitrogens with one attached hydrogen (secondary N) is 2. The first-order chi connectivity index (χ1) is 11.4. The SMILES string of the molecule is CC(Oc1cccc(Br)c1)C(=O)NNC(=O)c1ccc(Br)cc1Cl. The lowest BCUT2D eigenvalue weighted by atomic mass is 10.2. The first-order valence-electron chi connectivity index (χ1n) is 6.84. The fraction of sp³-hybridized carbons (Fsp3) is 0.125. The maximum Gasteiger partial charge on any atom is 0.279 e. The molecule has 5 nitrogen and oxygen atoms in total. The highest BCUT2D eigenvalue weighted by Crippen LogP contribution is 2.21. The van der Waals surface area contributed by atoms with Gasteiger partial charge >= 0.3 is 0 Å². The second kappa shape index (κ2) is 8.50. The summed E-state index contributed by atoms with van der Waals surface area (Å²) >= 11 is 12.6. The molecule has 0 saturated heterocycles. The molecule has 0 aliphatic rings. The summed E-state index contributed by atoms with van der Waals surface area (Å²) < 4.78 is 7.10. The van der Waals surface area contributed by atoms with Crippen LogP contribution in [0.25, 0.3) is 0 Å². The average molecular weight is 477 g/mol. The molecule has 0 saturated carbocycles. The number of carbonyl (C=O) groups is 2. The van der Waals surface area contributed by atoms with Gasteiger partial charge in [-0.3, -0.25) is 20.4 Å². The maximum atomic E-state index is 12.0. The second-order valence-electron chi connectivity index (χ2n) is 4.78. The Kier molecular flexibility index (Phi) is 6.65. The molecule has 24 heavy (non-hydrogen) atoms. The smallest absolute Gasteiger partial charge is 0.279 e. The van der Waals surface area contributed by atoms with E-state index >= 15 is 0 Å². The Morgan fingerprint density at radius 1 is 1.08 bits per heavy atom. The van der Waals surface area contributed by atoms with Crippen molar-refractivity contribution in [3.05, 3.63) is 62.0 Å². The fourth-order valence-electron chi connectivity index (χ4n) is 1.76. The monoisotopic (exact) mass is 474 g/mol. The molecule has 0 aliphatic carbocycles. The van der Waals surface area contributed by atoms with Crippen molar-refractivity contribution in [3.8, 4) is 5.75 Å². The zero-order valence-electron chi connectivity index (χ0n) is 12.5. The van der Waals surface area contributed by atoms with Crippen LogP contribution in [0.5, 0.6) is 5.75 Å². The summed E-state index contributed by atoms with van der Waals surface area (Å²) in [6.07, 6.45) is -0.792. The Balaban J connectivity index is 1.91. The summed E-state index contributed by atoms with van der Waals surface area (Å²) in [6.45, 7) is 1.58. The van der Waals surface area contributed by atoms with Crippen LogP contribution in [0.1, 0.15) is 17.3 Å². The van der Waals surface area contributed by atoms with Crippen molar-refractivity contribution in [1.82, 2.24) is 10.9 Å². The van der Waals surface area contributed by atoms with Gasteiger partial charge in [-0.25, -0.2) is 0 Å². The van der Waals surface area contributed by atoms with E-state index in [0.717, 1.165) is 8.95 Å². The minimum Gasteiger partial charge on any atom is -0.481 e. The van der Waals surface area contributed by atoms with Gasteiger partial charge in [-0.15, -0.1) is 0 Å². The standard InChI is InChI=1S/C16H13Br2ClN2O3/c1-9(24-12-4-2-3-10(17)7-12)15(22)20-21-16(23)13-6-5-11(18)8-14(13)19/h2-9H,1H3,(H,20,22)(H,21,23). The Hall–Kier alpha value is -1.57. The highest BCUT2D eigenvalue weighted by molar-refractivity contribution is 9.10. The van der Waals surface area contributed by atoms with Crippen LogP contribution in [0.2, 0.25) is 5.02 Å². The number of rotatable bonds is 4. The zero-order chi connectivity index (χ0) is 17.7. The Labute approximate surface area is 160 Å². The topological polar surface area (TPSA) is 67.4 Å². The van der Waals surface area contributed by atoms with E-state index in [9.17, 15) is 9.59 Å². The summed E-state index contributed by atoms with van der Waals surface area (Å²) in [5.74, 6) is -0.471. The van der Waals surface area contributed by atoms with Crippen molar-refractivity contribution in [2.45, 2.75) is 13.0 Å². The molecule has 2 aromatic carbocycles. The van der Waals surface area contributed by atoms with E-state index in [1.54, 1.807) is 43.3 Å².